The lowest BCUT2D eigenvalue weighted by Gasteiger charge is -2.36. The molecule has 1 aliphatic rings. The van der Waals surface area contributed by atoms with E-state index in [-0.39, 0.29) is 17.5 Å². The number of carboxylic acids is 1. The summed E-state index contributed by atoms with van der Waals surface area (Å²) in [4.78, 5) is 30.2. The number of likely N-dealkylation sites (tertiary alicyclic amines) is 1. The van der Waals surface area contributed by atoms with Crippen LogP contribution in [0.5, 0.6) is 0 Å². The molecule has 130 valence electrons. The molecule has 1 atom stereocenters. The molecular formula is C20H22N2O3. The first-order valence-electron chi connectivity index (χ1n) is 8.62. The minimum absolute atomic E-state index is 0.110. The fraction of sp³-hybridized carbons (Fsp3) is 0.350. The fourth-order valence-electron chi connectivity index (χ4n) is 3.42. The molecule has 25 heavy (non-hydrogen) atoms. The van der Waals surface area contributed by atoms with E-state index in [0.29, 0.717) is 11.4 Å². The maximum atomic E-state index is 12.9. The molecule has 0 saturated carbocycles. The molecule has 1 amide bonds. The molecule has 1 aromatic heterocycles. The third kappa shape index (κ3) is 3.87. The molecule has 1 N–H and O–H groups in total. The Labute approximate surface area is 147 Å². The molecule has 5 heteroatoms. The molecule has 3 rings (SSSR count). The molecule has 1 aliphatic heterocycles. The first-order valence-corrected chi connectivity index (χ1v) is 8.62. The van der Waals surface area contributed by atoms with Gasteiger partial charge in [-0.2, -0.15) is 0 Å². The molecule has 2 aromatic rings. The van der Waals surface area contributed by atoms with Gasteiger partial charge in [0.1, 0.15) is 5.69 Å². The van der Waals surface area contributed by atoms with Gasteiger partial charge < -0.3 is 10.0 Å². The lowest BCUT2D eigenvalue weighted by molar-refractivity contribution is 0.0604. The Morgan fingerprint density at radius 3 is 2.60 bits per heavy atom. The number of nitrogens with zero attached hydrogens (tertiary/aromatic N) is 2. The maximum absolute atomic E-state index is 12.9. The van der Waals surface area contributed by atoms with Crippen LogP contribution in [0.4, 0.5) is 0 Å². The van der Waals surface area contributed by atoms with Gasteiger partial charge in [0.2, 0.25) is 0 Å². The van der Waals surface area contributed by atoms with Crippen molar-refractivity contribution in [2.24, 2.45) is 0 Å². The molecule has 1 unspecified atom stereocenters. The molecule has 1 aromatic carbocycles. The molecular weight excluding hydrogens is 316 g/mol. The SMILES string of the molecule is Cc1nc(C(=O)N2CCCCC2Cc2ccccc2)ccc1C(=O)O. The van der Waals surface area contributed by atoms with E-state index in [2.05, 4.69) is 17.1 Å². The number of benzene rings is 1. The van der Waals surface area contributed by atoms with Crippen LogP contribution in [0.3, 0.4) is 0 Å². The van der Waals surface area contributed by atoms with Crippen molar-refractivity contribution in [3.63, 3.8) is 0 Å². The average Bonchev–Trinajstić information content (AvgIpc) is 2.62. The smallest absolute Gasteiger partial charge is 0.337 e. The lowest BCUT2D eigenvalue weighted by Crippen LogP contribution is -2.45. The number of hydrogen-bond acceptors (Lipinski definition) is 3. The number of amides is 1. The summed E-state index contributed by atoms with van der Waals surface area (Å²) in [7, 11) is 0. The van der Waals surface area contributed by atoms with Gasteiger partial charge in [-0.25, -0.2) is 9.78 Å². The van der Waals surface area contributed by atoms with Crippen molar-refractivity contribution in [2.75, 3.05) is 6.54 Å². The summed E-state index contributed by atoms with van der Waals surface area (Å²) < 4.78 is 0. The van der Waals surface area contributed by atoms with E-state index in [0.717, 1.165) is 32.2 Å². The summed E-state index contributed by atoms with van der Waals surface area (Å²) in [6, 6.07) is 13.3. The van der Waals surface area contributed by atoms with Gasteiger partial charge in [0.25, 0.3) is 5.91 Å². The lowest BCUT2D eigenvalue weighted by atomic mass is 9.95. The number of aryl methyl sites for hydroxylation is 1. The molecule has 0 spiro atoms. The Kier molecular flexibility index (Phi) is 5.12. The number of piperidine rings is 1. The number of rotatable bonds is 4. The predicted octanol–water partition coefficient (Wildman–Crippen LogP) is 3.33. The van der Waals surface area contributed by atoms with Crippen LogP contribution < -0.4 is 0 Å². The molecule has 0 bridgehead atoms. The zero-order chi connectivity index (χ0) is 17.8. The first kappa shape index (κ1) is 17.1. The first-order chi connectivity index (χ1) is 12.1. The number of pyridine rings is 1. The second-order valence-corrected chi connectivity index (χ2v) is 6.47. The zero-order valence-corrected chi connectivity index (χ0v) is 14.3. The van der Waals surface area contributed by atoms with E-state index in [1.165, 1.54) is 17.7 Å². The van der Waals surface area contributed by atoms with E-state index in [1.807, 2.05) is 23.1 Å². The highest BCUT2D eigenvalue weighted by molar-refractivity contribution is 5.94. The van der Waals surface area contributed by atoms with Crippen molar-refractivity contribution in [3.8, 4) is 0 Å². The standard InChI is InChI=1S/C20H22N2O3/c1-14-17(20(24)25)10-11-18(21-14)19(23)22-12-6-5-9-16(22)13-15-7-3-2-4-8-15/h2-4,7-8,10-11,16H,5-6,9,12-13H2,1H3,(H,24,25). The Hall–Kier alpha value is -2.69. The highest BCUT2D eigenvalue weighted by Gasteiger charge is 2.28. The monoisotopic (exact) mass is 338 g/mol. The molecule has 5 nitrogen and oxygen atoms in total. The highest BCUT2D eigenvalue weighted by atomic mass is 16.4. The van der Waals surface area contributed by atoms with Crippen LogP contribution in [-0.4, -0.2) is 39.5 Å². The minimum Gasteiger partial charge on any atom is -0.478 e. The third-order valence-corrected chi connectivity index (χ3v) is 4.74. The summed E-state index contributed by atoms with van der Waals surface area (Å²) in [5.41, 5.74) is 2.05. The topological polar surface area (TPSA) is 70.5 Å². The Morgan fingerprint density at radius 1 is 1.16 bits per heavy atom. The van der Waals surface area contributed by atoms with E-state index in [1.54, 1.807) is 6.92 Å². The highest BCUT2D eigenvalue weighted by Crippen LogP contribution is 2.23. The maximum Gasteiger partial charge on any atom is 0.337 e. The van der Waals surface area contributed by atoms with Crippen molar-refractivity contribution in [1.82, 2.24) is 9.88 Å². The van der Waals surface area contributed by atoms with Gasteiger partial charge >= 0.3 is 5.97 Å². The number of carbonyl (C=O) groups excluding carboxylic acids is 1. The van der Waals surface area contributed by atoms with Gasteiger partial charge in [-0.1, -0.05) is 30.3 Å². The average molecular weight is 338 g/mol. The van der Waals surface area contributed by atoms with Crippen molar-refractivity contribution in [1.29, 1.82) is 0 Å². The summed E-state index contributed by atoms with van der Waals surface area (Å²) >= 11 is 0. The second-order valence-electron chi connectivity index (χ2n) is 6.47. The van der Waals surface area contributed by atoms with E-state index >= 15 is 0 Å². The number of aromatic carboxylic acids is 1. The molecule has 0 radical (unpaired) electrons. The van der Waals surface area contributed by atoms with Gasteiger partial charge in [0.05, 0.1) is 11.3 Å². The van der Waals surface area contributed by atoms with Gasteiger partial charge in [-0.15, -0.1) is 0 Å². The normalized spacial score (nSPS) is 17.3. The van der Waals surface area contributed by atoms with Crippen LogP contribution >= 0.6 is 0 Å². The van der Waals surface area contributed by atoms with Crippen LogP contribution in [0.1, 0.15) is 51.4 Å². The van der Waals surface area contributed by atoms with E-state index in [9.17, 15) is 9.59 Å². The number of hydrogen-bond donors (Lipinski definition) is 1. The minimum atomic E-state index is -1.02. The van der Waals surface area contributed by atoms with Crippen molar-refractivity contribution >= 4 is 11.9 Å². The second kappa shape index (κ2) is 7.47. The van der Waals surface area contributed by atoms with Crippen LogP contribution in [0.15, 0.2) is 42.5 Å². The number of carboxylic acid groups (broad SMARTS) is 1. The van der Waals surface area contributed by atoms with E-state index < -0.39 is 5.97 Å². The summed E-state index contributed by atoms with van der Waals surface area (Å²) in [5.74, 6) is -1.13. The van der Waals surface area contributed by atoms with Crippen molar-refractivity contribution in [3.05, 3.63) is 65.0 Å². The summed E-state index contributed by atoms with van der Waals surface area (Å²) in [6.07, 6.45) is 3.92. The van der Waals surface area contributed by atoms with Gasteiger partial charge in [-0.05, 0) is 50.3 Å². The Balaban J connectivity index is 1.81. The zero-order valence-electron chi connectivity index (χ0n) is 14.3. The van der Waals surface area contributed by atoms with Gasteiger partial charge in [0, 0.05) is 12.6 Å². The van der Waals surface area contributed by atoms with Gasteiger partial charge in [0.15, 0.2) is 0 Å². The summed E-state index contributed by atoms with van der Waals surface area (Å²) in [6.45, 7) is 2.34. The van der Waals surface area contributed by atoms with Crippen LogP contribution in [0, 0.1) is 6.92 Å². The van der Waals surface area contributed by atoms with Crippen LogP contribution in [-0.2, 0) is 6.42 Å². The summed E-state index contributed by atoms with van der Waals surface area (Å²) in [5, 5.41) is 9.11. The van der Waals surface area contributed by atoms with Crippen molar-refractivity contribution < 1.29 is 14.7 Å². The molecule has 0 aliphatic carbocycles. The van der Waals surface area contributed by atoms with Crippen molar-refractivity contribution in [2.45, 2.75) is 38.6 Å². The molecule has 1 saturated heterocycles. The predicted molar refractivity (Wildman–Crippen MR) is 94.8 cm³/mol. The van der Waals surface area contributed by atoms with Gasteiger partial charge in [-0.3, -0.25) is 4.79 Å². The van der Waals surface area contributed by atoms with Crippen LogP contribution in [0.25, 0.3) is 0 Å². The Morgan fingerprint density at radius 2 is 1.92 bits per heavy atom. The molecule has 1 fully saturated rings. The number of carbonyl (C=O) groups is 2. The largest absolute Gasteiger partial charge is 0.478 e. The Bertz CT molecular complexity index is 774. The third-order valence-electron chi connectivity index (χ3n) is 4.74. The number of aromatic nitrogens is 1. The fourth-order valence-corrected chi connectivity index (χ4v) is 3.42. The van der Waals surface area contributed by atoms with Crippen LogP contribution in [0.2, 0.25) is 0 Å². The quantitative estimate of drug-likeness (QED) is 0.928. The van der Waals surface area contributed by atoms with E-state index in [4.69, 9.17) is 5.11 Å². The molecule has 2 heterocycles.